The summed E-state index contributed by atoms with van der Waals surface area (Å²) in [7, 11) is 0. The average molecular weight is 366 g/mol. The van der Waals surface area contributed by atoms with Crippen LogP contribution >= 0.6 is 15.9 Å². The fourth-order valence-electron chi connectivity index (χ4n) is 2.14. The Balaban J connectivity index is 2.14. The topological polar surface area (TPSA) is 47.4 Å². The third-order valence-corrected chi connectivity index (χ3v) is 3.91. The van der Waals surface area contributed by atoms with Gasteiger partial charge in [-0.1, -0.05) is 18.2 Å². The van der Waals surface area contributed by atoms with Crippen molar-refractivity contribution in [2.45, 2.75) is 26.9 Å². The molecule has 0 bridgehead atoms. The van der Waals surface area contributed by atoms with Crippen LogP contribution in [-0.4, -0.2) is 39.8 Å². The molecule has 0 radical (unpaired) electrons. The van der Waals surface area contributed by atoms with Gasteiger partial charge >= 0.3 is 0 Å². The lowest BCUT2D eigenvalue weighted by atomic mass is 10.3. The SMILES string of the molecule is CCN(CC)C(=O)[C@H](C)Oc1nn(-c2ccccc2)cc1Br. The first-order valence-electron chi connectivity index (χ1n) is 7.32. The zero-order chi connectivity index (χ0) is 16.1. The van der Waals surface area contributed by atoms with Crippen molar-refractivity contribution >= 4 is 21.8 Å². The van der Waals surface area contributed by atoms with Gasteiger partial charge in [-0.3, -0.25) is 4.79 Å². The number of aromatic nitrogens is 2. The van der Waals surface area contributed by atoms with E-state index in [-0.39, 0.29) is 5.91 Å². The fourth-order valence-corrected chi connectivity index (χ4v) is 2.51. The second-order valence-electron chi connectivity index (χ2n) is 4.83. The second-order valence-corrected chi connectivity index (χ2v) is 5.69. The van der Waals surface area contributed by atoms with Crippen molar-refractivity contribution in [1.29, 1.82) is 0 Å². The molecule has 0 aliphatic rings. The molecule has 0 aliphatic carbocycles. The van der Waals surface area contributed by atoms with E-state index in [0.717, 1.165) is 10.2 Å². The zero-order valence-electron chi connectivity index (χ0n) is 13.0. The van der Waals surface area contributed by atoms with Gasteiger partial charge in [0, 0.05) is 19.3 Å². The number of hydrogen-bond acceptors (Lipinski definition) is 3. The minimum Gasteiger partial charge on any atom is -0.463 e. The summed E-state index contributed by atoms with van der Waals surface area (Å²) in [6.45, 7) is 6.99. The molecule has 1 amide bonds. The highest BCUT2D eigenvalue weighted by Crippen LogP contribution is 2.25. The lowest BCUT2D eigenvalue weighted by Gasteiger charge is -2.22. The van der Waals surface area contributed by atoms with Crippen LogP contribution in [0.15, 0.2) is 41.0 Å². The first-order valence-corrected chi connectivity index (χ1v) is 8.12. The van der Waals surface area contributed by atoms with E-state index >= 15 is 0 Å². The Labute approximate surface area is 139 Å². The largest absolute Gasteiger partial charge is 0.463 e. The number of benzene rings is 1. The highest BCUT2D eigenvalue weighted by atomic mass is 79.9. The van der Waals surface area contributed by atoms with Gasteiger partial charge in [0.25, 0.3) is 5.91 Å². The van der Waals surface area contributed by atoms with Crippen LogP contribution in [0, 0.1) is 0 Å². The normalized spacial score (nSPS) is 12.0. The van der Waals surface area contributed by atoms with Crippen LogP contribution in [0.3, 0.4) is 0 Å². The van der Waals surface area contributed by atoms with E-state index in [1.165, 1.54) is 0 Å². The van der Waals surface area contributed by atoms with Crippen molar-refractivity contribution in [1.82, 2.24) is 14.7 Å². The Morgan fingerprint density at radius 1 is 1.32 bits per heavy atom. The molecule has 0 saturated heterocycles. The number of para-hydroxylation sites is 1. The lowest BCUT2D eigenvalue weighted by molar-refractivity contribution is -0.137. The smallest absolute Gasteiger partial charge is 0.263 e. The number of amides is 1. The third kappa shape index (κ3) is 3.68. The number of carbonyl (C=O) groups excluding carboxylic acids is 1. The summed E-state index contributed by atoms with van der Waals surface area (Å²) < 4.78 is 8.16. The predicted octanol–water partition coefficient (Wildman–Crippen LogP) is 3.27. The maximum atomic E-state index is 12.2. The molecular formula is C16H20BrN3O2. The van der Waals surface area contributed by atoms with Crippen molar-refractivity contribution < 1.29 is 9.53 Å². The van der Waals surface area contributed by atoms with Crippen molar-refractivity contribution in [3.8, 4) is 11.6 Å². The monoisotopic (exact) mass is 365 g/mol. The summed E-state index contributed by atoms with van der Waals surface area (Å²) in [5, 5.41) is 4.39. The van der Waals surface area contributed by atoms with Gasteiger partial charge in [0.05, 0.1) is 10.2 Å². The molecular weight excluding hydrogens is 346 g/mol. The number of nitrogens with zero attached hydrogens (tertiary/aromatic N) is 3. The van der Waals surface area contributed by atoms with Crippen LogP contribution < -0.4 is 4.74 Å². The van der Waals surface area contributed by atoms with Gasteiger partial charge in [-0.2, -0.15) is 0 Å². The van der Waals surface area contributed by atoms with Crippen molar-refractivity contribution in [3.63, 3.8) is 0 Å². The van der Waals surface area contributed by atoms with Gasteiger partial charge in [0.1, 0.15) is 0 Å². The van der Waals surface area contributed by atoms with Gasteiger partial charge in [-0.25, -0.2) is 4.68 Å². The summed E-state index contributed by atoms with van der Waals surface area (Å²) in [5.74, 6) is 0.378. The predicted molar refractivity (Wildman–Crippen MR) is 89.3 cm³/mol. The first kappa shape index (κ1) is 16.5. The molecule has 2 aromatic rings. The molecule has 22 heavy (non-hydrogen) atoms. The molecule has 6 heteroatoms. The van der Waals surface area contributed by atoms with Crippen LogP contribution in [0.1, 0.15) is 20.8 Å². The van der Waals surface area contributed by atoms with E-state index in [2.05, 4.69) is 21.0 Å². The van der Waals surface area contributed by atoms with Gasteiger partial charge in [0.15, 0.2) is 6.10 Å². The van der Waals surface area contributed by atoms with E-state index in [4.69, 9.17) is 4.74 Å². The molecule has 0 spiro atoms. The van der Waals surface area contributed by atoms with Gasteiger partial charge in [-0.05, 0) is 48.8 Å². The molecule has 0 unspecified atom stereocenters. The Morgan fingerprint density at radius 2 is 1.95 bits per heavy atom. The lowest BCUT2D eigenvalue weighted by Crippen LogP contribution is -2.40. The number of halogens is 1. The number of carbonyl (C=O) groups is 1. The van der Waals surface area contributed by atoms with Crippen LogP contribution in [0.5, 0.6) is 5.88 Å². The van der Waals surface area contributed by atoms with E-state index < -0.39 is 6.10 Å². The Bertz CT molecular complexity index is 624. The van der Waals surface area contributed by atoms with Crippen molar-refractivity contribution in [2.75, 3.05) is 13.1 Å². The molecule has 0 saturated carbocycles. The van der Waals surface area contributed by atoms with Crippen molar-refractivity contribution in [2.24, 2.45) is 0 Å². The molecule has 118 valence electrons. The number of rotatable bonds is 6. The second kappa shape index (κ2) is 7.45. The maximum Gasteiger partial charge on any atom is 0.263 e. The Morgan fingerprint density at radius 3 is 2.55 bits per heavy atom. The molecule has 1 heterocycles. The Hall–Kier alpha value is -1.82. The summed E-state index contributed by atoms with van der Waals surface area (Å²) in [6.07, 6.45) is 1.24. The van der Waals surface area contributed by atoms with Crippen LogP contribution in [-0.2, 0) is 4.79 Å². The summed E-state index contributed by atoms with van der Waals surface area (Å²) in [6, 6.07) is 9.74. The van der Waals surface area contributed by atoms with Gasteiger partial charge in [-0.15, -0.1) is 5.10 Å². The quantitative estimate of drug-likeness (QED) is 0.789. The zero-order valence-corrected chi connectivity index (χ0v) is 14.6. The highest BCUT2D eigenvalue weighted by Gasteiger charge is 2.22. The van der Waals surface area contributed by atoms with E-state index in [0.29, 0.717) is 19.0 Å². The molecule has 0 aliphatic heterocycles. The average Bonchev–Trinajstić information content (AvgIpc) is 2.90. The van der Waals surface area contributed by atoms with E-state index in [1.54, 1.807) is 16.5 Å². The fraction of sp³-hybridized carbons (Fsp3) is 0.375. The molecule has 1 aromatic carbocycles. The number of hydrogen-bond donors (Lipinski definition) is 0. The molecule has 2 rings (SSSR count). The van der Waals surface area contributed by atoms with Gasteiger partial charge < -0.3 is 9.64 Å². The minimum absolute atomic E-state index is 0.0360. The molecule has 0 N–H and O–H groups in total. The van der Waals surface area contributed by atoms with Crippen LogP contribution in [0.4, 0.5) is 0 Å². The number of likely N-dealkylation sites (N-methyl/N-ethyl adjacent to an activating group) is 1. The maximum absolute atomic E-state index is 12.2. The first-order chi connectivity index (χ1) is 10.6. The minimum atomic E-state index is -0.574. The molecule has 0 fully saturated rings. The van der Waals surface area contributed by atoms with Gasteiger partial charge in [0.2, 0.25) is 5.88 Å². The molecule has 5 nitrogen and oxygen atoms in total. The molecule has 1 aromatic heterocycles. The molecule has 1 atom stereocenters. The summed E-state index contributed by atoms with van der Waals surface area (Å²) in [5.41, 5.74) is 0.931. The summed E-state index contributed by atoms with van der Waals surface area (Å²) >= 11 is 3.43. The summed E-state index contributed by atoms with van der Waals surface area (Å²) in [4.78, 5) is 14.0. The van der Waals surface area contributed by atoms with E-state index in [9.17, 15) is 4.79 Å². The van der Waals surface area contributed by atoms with Crippen LogP contribution in [0.2, 0.25) is 0 Å². The third-order valence-electron chi connectivity index (χ3n) is 3.37. The van der Waals surface area contributed by atoms with E-state index in [1.807, 2.05) is 50.4 Å². The standard InChI is InChI=1S/C16H20BrN3O2/c1-4-19(5-2)16(21)12(3)22-15-14(17)11-20(18-15)13-9-7-6-8-10-13/h6-12H,4-5H2,1-3H3/t12-/m0/s1. The highest BCUT2D eigenvalue weighted by molar-refractivity contribution is 9.10. The number of ether oxygens (including phenoxy) is 1. The van der Waals surface area contributed by atoms with Crippen molar-refractivity contribution in [3.05, 3.63) is 41.0 Å². The van der Waals surface area contributed by atoms with Crippen LogP contribution in [0.25, 0.3) is 5.69 Å². The Kier molecular flexibility index (Phi) is 5.60.